The van der Waals surface area contributed by atoms with Crippen LogP contribution >= 0.6 is 27.3 Å². The Balaban J connectivity index is 1.97. The standard InChI is InChI=1S/C21H32BrN5O7S2/c1-21(2,3)34-20(30)24-15(18(28)27-7-5-6-13(25-27)19(29)33-4)16(17-23-14(22)12-35-17)26-8-10-36(31,32)11-9-26/h12-13,15-16,25H,5-11H2,1-4H3,(H,24,30)/t13-,15-,16-/m0/s1. The molecule has 0 bridgehead atoms. The smallest absolute Gasteiger partial charge is 0.408 e. The van der Waals surface area contributed by atoms with Gasteiger partial charge in [-0.3, -0.25) is 19.5 Å². The van der Waals surface area contributed by atoms with Crippen molar-refractivity contribution in [3.63, 3.8) is 0 Å². The summed E-state index contributed by atoms with van der Waals surface area (Å²) < 4.78 is 35.0. The van der Waals surface area contributed by atoms with Crippen molar-refractivity contribution in [1.29, 1.82) is 0 Å². The van der Waals surface area contributed by atoms with Gasteiger partial charge in [-0.05, 0) is 49.5 Å². The van der Waals surface area contributed by atoms with Crippen LogP contribution in [0.1, 0.15) is 44.7 Å². The first-order chi connectivity index (χ1) is 16.8. The van der Waals surface area contributed by atoms with Gasteiger partial charge in [0.1, 0.15) is 27.3 Å². The summed E-state index contributed by atoms with van der Waals surface area (Å²) in [6, 6.07) is -2.65. The molecule has 2 aliphatic rings. The van der Waals surface area contributed by atoms with Gasteiger partial charge < -0.3 is 14.8 Å². The van der Waals surface area contributed by atoms with Crippen molar-refractivity contribution in [2.45, 2.75) is 57.3 Å². The fourth-order valence-electron chi connectivity index (χ4n) is 4.05. The maximum atomic E-state index is 13.9. The first-order valence-corrected chi connectivity index (χ1v) is 15.0. The molecular formula is C21H32BrN5O7S2. The lowest BCUT2D eigenvalue weighted by molar-refractivity contribution is -0.151. The molecule has 3 rings (SSSR count). The number of nitrogens with one attached hydrogen (secondary N) is 2. The van der Waals surface area contributed by atoms with Gasteiger partial charge in [0, 0.05) is 25.0 Å². The van der Waals surface area contributed by atoms with Crippen molar-refractivity contribution >= 4 is 55.1 Å². The number of amides is 2. The number of hydrazine groups is 1. The highest BCUT2D eigenvalue weighted by Crippen LogP contribution is 2.32. The number of nitrogens with zero attached hydrogens (tertiary/aromatic N) is 3. The van der Waals surface area contributed by atoms with Gasteiger partial charge in [-0.1, -0.05) is 0 Å². The summed E-state index contributed by atoms with van der Waals surface area (Å²) in [7, 11) is -1.92. The average Bonchev–Trinajstić information content (AvgIpc) is 3.23. The highest BCUT2D eigenvalue weighted by atomic mass is 79.9. The van der Waals surface area contributed by atoms with Crippen LogP contribution in [0.3, 0.4) is 0 Å². The van der Waals surface area contributed by atoms with E-state index in [-0.39, 0.29) is 24.6 Å². The van der Waals surface area contributed by atoms with Crippen LogP contribution in [0, 0.1) is 0 Å². The van der Waals surface area contributed by atoms with Gasteiger partial charge in [-0.25, -0.2) is 23.6 Å². The number of thiazole rings is 1. The topological polar surface area (TPSA) is 147 Å². The Bertz CT molecular complexity index is 1060. The number of ether oxygens (including phenoxy) is 2. The molecule has 2 aliphatic heterocycles. The minimum Gasteiger partial charge on any atom is -0.468 e. The van der Waals surface area contributed by atoms with Crippen molar-refractivity contribution in [3.8, 4) is 0 Å². The maximum absolute atomic E-state index is 13.9. The molecule has 2 N–H and O–H groups in total. The van der Waals surface area contributed by atoms with Crippen LogP contribution in [0.25, 0.3) is 0 Å². The second-order valence-corrected chi connectivity index (χ2v) is 13.6. The minimum absolute atomic E-state index is 0.0736. The van der Waals surface area contributed by atoms with Gasteiger partial charge in [0.15, 0.2) is 9.84 Å². The van der Waals surface area contributed by atoms with Crippen LogP contribution in [0.5, 0.6) is 0 Å². The predicted octanol–water partition coefficient (Wildman–Crippen LogP) is 1.24. The third kappa shape index (κ3) is 7.60. The normalized spacial score (nSPS) is 22.4. The monoisotopic (exact) mass is 609 g/mol. The number of halogens is 1. The van der Waals surface area contributed by atoms with E-state index >= 15 is 0 Å². The lowest BCUT2D eigenvalue weighted by atomic mass is 10.0. The fraction of sp³-hybridized carbons (Fsp3) is 0.714. The molecule has 0 saturated carbocycles. The number of esters is 1. The van der Waals surface area contributed by atoms with Gasteiger partial charge >= 0.3 is 12.1 Å². The van der Waals surface area contributed by atoms with E-state index in [2.05, 4.69) is 31.7 Å². The molecule has 0 aliphatic carbocycles. The van der Waals surface area contributed by atoms with Gasteiger partial charge in [0.25, 0.3) is 5.91 Å². The van der Waals surface area contributed by atoms with Gasteiger partial charge in [-0.2, -0.15) is 0 Å². The van der Waals surface area contributed by atoms with E-state index in [4.69, 9.17) is 9.47 Å². The molecule has 0 unspecified atom stereocenters. The molecule has 1 aromatic heterocycles. The van der Waals surface area contributed by atoms with E-state index in [0.29, 0.717) is 29.0 Å². The Morgan fingerprint density at radius 3 is 2.47 bits per heavy atom. The molecule has 3 atom stereocenters. The number of hydrogen-bond donors (Lipinski definition) is 2. The summed E-state index contributed by atoms with van der Waals surface area (Å²) in [6.07, 6.45) is 0.244. The highest BCUT2D eigenvalue weighted by Gasteiger charge is 2.43. The molecule has 2 fully saturated rings. The number of aromatic nitrogens is 1. The second-order valence-electron chi connectivity index (χ2n) is 9.60. The number of carbonyl (C=O) groups excluding carboxylic acids is 3. The van der Waals surface area contributed by atoms with E-state index in [0.717, 1.165) is 0 Å². The molecule has 0 spiro atoms. The number of carbonyl (C=O) groups is 3. The van der Waals surface area contributed by atoms with Crippen LogP contribution in [-0.2, 0) is 28.9 Å². The lowest BCUT2D eigenvalue weighted by Gasteiger charge is -2.40. The van der Waals surface area contributed by atoms with E-state index in [1.165, 1.54) is 23.5 Å². The molecular weight excluding hydrogens is 578 g/mol. The molecule has 202 valence electrons. The molecule has 15 heteroatoms. The van der Waals surface area contributed by atoms with Crippen LogP contribution in [0.15, 0.2) is 9.98 Å². The number of rotatable bonds is 6. The summed E-state index contributed by atoms with van der Waals surface area (Å²) in [4.78, 5) is 45.2. The van der Waals surface area contributed by atoms with Crippen molar-refractivity contribution in [3.05, 3.63) is 15.0 Å². The zero-order chi connectivity index (χ0) is 26.7. The molecule has 2 amide bonds. The molecule has 12 nitrogen and oxygen atoms in total. The Hall–Kier alpha value is -1.81. The van der Waals surface area contributed by atoms with Crippen LogP contribution in [0.4, 0.5) is 4.79 Å². The summed E-state index contributed by atoms with van der Waals surface area (Å²) >= 11 is 4.63. The van der Waals surface area contributed by atoms with Gasteiger partial charge in [-0.15, -0.1) is 11.3 Å². The Kier molecular flexibility index (Phi) is 9.36. The van der Waals surface area contributed by atoms with E-state index in [9.17, 15) is 22.8 Å². The SMILES string of the molecule is COC(=O)[C@@H]1CCCN(C(=O)[C@@H](NC(=O)OC(C)(C)C)[C@@H](c2nc(Br)cs2)N2CCS(=O)(=O)CC2)N1. The van der Waals surface area contributed by atoms with Gasteiger partial charge in [0.05, 0.1) is 24.7 Å². The third-order valence-electron chi connectivity index (χ3n) is 5.71. The minimum atomic E-state index is -3.20. The molecule has 0 radical (unpaired) electrons. The Morgan fingerprint density at radius 1 is 1.25 bits per heavy atom. The summed E-state index contributed by atoms with van der Waals surface area (Å²) in [6.45, 7) is 5.77. The molecule has 2 saturated heterocycles. The second kappa shape index (κ2) is 11.7. The third-order valence-corrected chi connectivity index (χ3v) is 8.95. The van der Waals surface area contributed by atoms with Crippen LogP contribution in [0.2, 0.25) is 0 Å². The first-order valence-electron chi connectivity index (χ1n) is 11.5. The van der Waals surface area contributed by atoms with E-state index in [1.54, 1.807) is 26.2 Å². The number of hydrogen-bond acceptors (Lipinski definition) is 11. The summed E-state index contributed by atoms with van der Waals surface area (Å²) in [5.41, 5.74) is 2.10. The zero-order valence-corrected chi connectivity index (χ0v) is 23.9. The fourth-order valence-corrected chi connectivity index (χ4v) is 6.72. The van der Waals surface area contributed by atoms with Crippen LogP contribution in [-0.4, -0.2) is 97.2 Å². The van der Waals surface area contributed by atoms with Crippen LogP contribution < -0.4 is 10.7 Å². The zero-order valence-electron chi connectivity index (χ0n) is 20.7. The predicted molar refractivity (Wildman–Crippen MR) is 136 cm³/mol. The Labute approximate surface area is 223 Å². The molecule has 0 aromatic carbocycles. The Morgan fingerprint density at radius 2 is 1.92 bits per heavy atom. The lowest BCUT2D eigenvalue weighted by Crippen LogP contribution is -2.63. The first kappa shape index (κ1) is 28.8. The summed E-state index contributed by atoms with van der Waals surface area (Å²) in [5, 5.41) is 6.29. The van der Waals surface area contributed by atoms with Crippen molar-refractivity contribution < 1.29 is 32.3 Å². The largest absolute Gasteiger partial charge is 0.468 e. The van der Waals surface area contributed by atoms with E-state index < -0.39 is 51.5 Å². The molecule has 3 heterocycles. The van der Waals surface area contributed by atoms with Crippen molar-refractivity contribution in [2.75, 3.05) is 38.2 Å². The summed E-state index contributed by atoms with van der Waals surface area (Å²) in [5.74, 6) is -1.14. The van der Waals surface area contributed by atoms with Crippen molar-refractivity contribution in [2.24, 2.45) is 0 Å². The van der Waals surface area contributed by atoms with Gasteiger partial charge in [0.2, 0.25) is 0 Å². The maximum Gasteiger partial charge on any atom is 0.408 e. The highest BCUT2D eigenvalue weighted by molar-refractivity contribution is 9.10. The number of methoxy groups -OCH3 is 1. The molecule has 1 aromatic rings. The number of sulfone groups is 1. The quantitative estimate of drug-likeness (QED) is 0.451. The van der Waals surface area contributed by atoms with E-state index in [1.807, 2.05) is 4.90 Å². The average molecular weight is 611 g/mol. The molecule has 36 heavy (non-hydrogen) atoms. The van der Waals surface area contributed by atoms with Crippen molar-refractivity contribution in [1.82, 2.24) is 25.6 Å². The number of alkyl carbamates (subject to hydrolysis) is 1.